The zero-order chi connectivity index (χ0) is 19.1. The second kappa shape index (κ2) is 9.33. The number of nitrogens with two attached hydrogens (primary N) is 1. The van der Waals surface area contributed by atoms with E-state index in [4.69, 9.17) is 15.5 Å². The number of thioether (sulfide) groups is 1. The molecule has 0 radical (unpaired) electrons. The molecule has 2 aromatic rings. The third-order valence-electron chi connectivity index (χ3n) is 3.51. The lowest BCUT2D eigenvalue weighted by atomic mass is 10.2. The Morgan fingerprint density at radius 1 is 1.42 bits per heavy atom. The molecular formula is C19H26N4O2S. The van der Waals surface area contributed by atoms with Crippen LogP contribution in [-0.2, 0) is 11.3 Å². The molecule has 0 bridgehead atoms. The molecule has 26 heavy (non-hydrogen) atoms. The number of amides is 1. The number of nitrogen functional groups attached to an aromatic ring is 1. The Bertz CT molecular complexity index is 822. The number of nitrogens with one attached hydrogen (secondary N) is 1. The first-order valence-electron chi connectivity index (χ1n) is 8.50. The van der Waals surface area contributed by atoms with Gasteiger partial charge in [-0.2, -0.15) is 0 Å². The predicted octanol–water partition coefficient (Wildman–Crippen LogP) is 4.33. The number of carbonyl (C=O) groups excluding carboxylic acids is 1. The van der Waals surface area contributed by atoms with Crippen molar-refractivity contribution in [3.8, 4) is 0 Å². The maximum atomic E-state index is 11.4. The average Bonchev–Trinajstić information content (AvgIpc) is 2.88. The van der Waals surface area contributed by atoms with Crippen LogP contribution in [0.25, 0.3) is 11.0 Å². The van der Waals surface area contributed by atoms with E-state index < -0.39 is 6.09 Å². The third-order valence-corrected chi connectivity index (χ3v) is 4.57. The molecule has 0 aliphatic carbocycles. The fourth-order valence-corrected chi connectivity index (χ4v) is 3.26. The summed E-state index contributed by atoms with van der Waals surface area (Å²) in [4.78, 5) is 16.1. The number of aromatic nitrogens is 2. The average molecular weight is 375 g/mol. The van der Waals surface area contributed by atoms with Crippen molar-refractivity contribution in [3.05, 3.63) is 42.2 Å². The highest BCUT2D eigenvalue weighted by Gasteiger charge is 2.11. The van der Waals surface area contributed by atoms with E-state index in [1.54, 1.807) is 18.7 Å². The lowest BCUT2D eigenvalue weighted by Crippen LogP contribution is -2.25. The summed E-state index contributed by atoms with van der Waals surface area (Å²) in [6.45, 7) is 10.6. The summed E-state index contributed by atoms with van der Waals surface area (Å²) >= 11 is 1.67. The maximum Gasteiger partial charge on any atom is 0.412 e. The molecule has 0 spiro atoms. The third kappa shape index (κ3) is 5.84. The van der Waals surface area contributed by atoms with Crippen LogP contribution in [-0.4, -0.2) is 27.9 Å². The van der Waals surface area contributed by atoms with E-state index in [1.807, 2.05) is 18.2 Å². The number of nitrogens with zero attached hydrogens (tertiary/aromatic N) is 2. The second-order valence-corrected chi connectivity index (χ2v) is 7.32. The van der Waals surface area contributed by atoms with Gasteiger partial charge in [-0.25, -0.2) is 9.78 Å². The number of imidazole rings is 1. The van der Waals surface area contributed by atoms with Crippen LogP contribution >= 0.6 is 11.8 Å². The first-order chi connectivity index (χ1) is 12.4. The Morgan fingerprint density at radius 3 is 2.88 bits per heavy atom. The van der Waals surface area contributed by atoms with E-state index in [9.17, 15) is 4.79 Å². The van der Waals surface area contributed by atoms with Gasteiger partial charge < -0.3 is 20.4 Å². The lowest BCUT2D eigenvalue weighted by Gasteiger charge is -2.08. The molecule has 1 heterocycles. The minimum atomic E-state index is -0.464. The number of hydrogen-bond donors (Lipinski definition) is 2. The van der Waals surface area contributed by atoms with Crippen LogP contribution in [0.5, 0.6) is 0 Å². The molecule has 2 rings (SSSR count). The lowest BCUT2D eigenvalue weighted by molar-refractivity contribution is 0.177. The Labute approximate surface area is 158 Å². The van der Waals surface area contributed by atoms with Crippen molar-refractivity contribution in [1.29, 1.82) is 0 Å². The molecule has 0 aliphatic rings. The Balaban J connectivity index is 1.99. The highest BCUT2D eigenvalue weighted by Crippen LogP contribution is 2.26. The van der Waals surface area contributed by atoms with E-state index in [0.29, 0.717) is 12.3 Å². The van der Waals surface area contributed by atoms with E-state index in [2.05, 4.69) is 36.4 Å². The number of carbonyl (C=O) groups is 1. The largest absolute Gasteiger partial charge is 0.416 e. The topological polar surface area (TPSA) is 82.2 Å². The van der Waals surface area contributed by atoms with Gasteiger partial charge in [0.15, 0.2) is 5.16 Å². The number of alkyl carbamates (subject to hydrolysis) is 1. The van der Waals surface area contributed by atoms with Gasteiger partial charge in [-0.15, -0.1) is 0 Å². The number of hydrogen-bond acceptors (Lipinski definition) is 5. The molecule has 140 valence electrons. The van der Waals surface area contributed by atoms with Crippen LogP contribution in [0.3, 0.4) is 0 Å². The fourth-order valence-electron chi connectivity index (χ4n) is 2.30. The first-order valence-corrected chi connectivity index (χ1v) is 9.48. The molecule has 7 heteroatoms. The summed E-state index contributed by atoms with van der Waals surface area (Å²) in [6, 6.07) is 5.77. The van der Waals surface area contributed by atoms with Crippen molar-refractivity contribution in [2.75, 3.05) is 18.0 Å². The Hall–Kier alpha value is -2.41. The summed E-state index contributed by atoms with van der Waals surface area (Å²) in [5.74, 6) is 1.21. The normalized spacial score (nSPS) is 10.6. The van der Waals surface area contributed by atoms with E-state index in [1.165, 1.54) is 5.57 Å². The zero-order valence-electron chi connectivity index (χ0n) is 15.5. The molecule has 1 aromatic carbocycles. The number of allylic oxidation sites excluding steroid dienone is 3. The summed E-state index contributed by atoms with van der Waals surface area (Å²) in [6.07, 6.45) is 2.52. The van der Waals surface area contributed by atoms with Crippen LogP contribution in [0.2, 0.25) is 0 Å². The molecule has 3 N–H and O–H groups in total. The molecule has 0 atom stereocenters. The zero-order valence-corrected chi connectivity index (χ0v) is 16.4. The van der Waals surface area contributed by atoms with Crippen molar-refractivity contribution >= 4 is 34.6 Å². The molecular weight excluding hydrogens is 348 g/mol. The summed E-state index contributed by atoms with van der Waals surface area (Å²) in [5, 5.41) is 3.65. The first kappa shape index (κ1) is 19.9. The monoisotopic (exact) mass is 374 g/mol. The number of ether oxygens (including phenoxy) is 1. The Kier molecular flexibility index (Phi) is 7.15. The van der Waals surface area contributed by atoms with Crippen molar-refractivity contribution < 1.29 is 9.53 Å². The van der Waals surface area contributed by atoms with Gasteiger partial charge >= 0.3 is 6.09 Å². The minimum Gasteiger partial charge on any atom is -0.416 e. The summed E-state index contributed by atoms with van der Waals surface area (Å²) in [5.41, 5.74) is 9.90. The molecule has 0 unspecified atom stereocenters. The molecule has 0 saturated carbocycles. The van der Waals surface area contributed by atoms with Gasteiger partial charge in [0.1, 0.15) is 0 Å². The summed E-state index contributed by atoms with van der Waals surface area (Å²) in [7, 11) is 0. The van der Waals surface area contributed by atoms with Crippen LogP contribution < -0.4 is 11.1 Å². The smallest absolute Gasteiger partial charge is 0.412 e. The summed E-state index contributed by atoms with van der Waals surface area (Å²) < 4.78 is 7.03. The maximum absolute atomic E-state index is 11.4. The van der Waals surface area contributed by atoms with Gasteiger partial charge in [-0.3, -0.25) is 0 Å². The van der Waals surface area contributed by atoms with Crippen molar-refractivity contribution in [1.82, 2.24) is 14.9 Å². The quantitative estimate of drug-likeness (QED) is 0.236. The fraction of sp³-hybridized carbons (Fsp3) is 0.368. The van der Waals surface area contributed by atoms with Gasteiger partial charge in [0.05, 0.1) is 16.8 Å². The molecule has 1 amide bonds. The SMILES string of the molecule is C=C(C)OC(=O)NCCCSc1nc2ccc(N)cc2n1CC=C(C)C. The number of rotatable bonds is 8. The van der Waals surface area contributed by atoms with Crippen molar-refractivity contribution in [3.63, 3.8) is 0 Å². The highest BCUT2D eigenvalue weighted by atomic mass is 32.2. The molecule has 6 nitrogen and oxygen atoms in total. The van der Waals surface area contributed by atoms with Gasteiger partial charge in [0.2, 0.25) is 0 Å². The number of benzene rings is 1. The van der Waals surface area contributed by atoms with E-state index >= 15 is 0 Å². The second-order valence-electron chi connectivity index (χ2n) is 6.25. The molecule has 0 aliphatic heterocycles. The molecule has 1 aromatic heterocycles. The van der Waals surface area contributed by atoms with Crippen LogP contribution in [0, 0.1) is 0 Å². The Morgan fingerprint density at radius 2 is 2.19 bits per heavy atom. The van der Waals surface area contributed by atoms with Gasteiger partial charge in [0, 0.05) is 24.5 Å². The van der Waals surface area contributed by atoms with Crippen molar-refractivity contribution in [2.45, 2.75) is 38.9 Å². The van der Waals surface area contributed by atoms with Crippen molar-refractivity contribution in [2.24, 2.45) is 0 Å². The molecule has 0 fully saturated rings. The van der Waals surface area contributed by atoms with E-state index in [-0.39, 0.29) is 0 Å². The van der Waals surface area contributed by atoms with Gasteiger partial charge in [-0.05, 0) is 45.4 Å². The van der Waals surface area contributed by atoms with E-state index in [0.717, 1.165) is 40.6 Å². The predicted molar refractivity (Wildman–Crippen MR) is 108 cm³/mol. The van der Waals surface area contributed by atoms with Gasteiger partial charge in [0.25, 0.3) is 0 Å². The van der Waals surface area contributed by atoms with Gasteiger partial charge in [-0.1, -0.05) is 30.0 Å². The minimum absolute atomic E-state index is 0.379. The van der Waals surface area contributed by atoms with Crippen LogP contribution in [0.4, 0.5) is 10.5 Å². The molecule has 0 saturated heterocycles. The number of fused-ring (bicyclic) bond motifs is 1. The number of anilines is 1. The van der Waals surface area contributed by atoms with Crippen LogP contribution in [0.15, 0.2) is 47.3 Å². The van der Waals surface area contributed by atoms with Crippen LogP contribution in [0.1, 0.15) is 27.2 Å². The highest BCUT2D eigenvalue weighted by molar-refractivity contribution is 7.99. The standard InChI is InChI=1S/C19H26N4O2S/c1-13(2)8-10-23-17-12-15(20)6-7-16(17)22-18(23)26-11-5-9-21-19(24)25-14(3)4/h6-8,12H,3,5,9-11,20H2,1-2,4H3,(H,21,24).